The van der Waals surface area contributed by atoms with Gasteiger partial charge >= 0.3 is 5.97 Å². The van der Waals surface area contributed by atoms with E-state index in [1.807, 2.05) is 54.6 Å². The first-order valence-electron chi connectivity index (χ1n) is 9.81. The van der Waals surface area contributed by atoms with Crippen LogP contribution in [0.3, 0.4) is 0 Å². The van der Waals surface area contributed by atoms with Crippen LogP contribution in [0.25, 0.3) is 11.1 Å². The lowest BCUT2D eigenvalue weighted by atomic mass is 10.0. The third-order valence-electron chi connectivity index (χ3n) is 5.33. The monoisotopic (exact) mass is 419 g/mol. The van der Waals surface area contributed by atoms with Gasteiger partial charge in [-0.25, -0.2) is 4.79 Å². The molecule has 0 aliphatic carbocycles. The van der Waals surface area contributed by atoms with Crippen LogP contribution in [0.15, 0.2) is 65.6 Å². The highest BCUT2D eigenvalue weighted by Crippen LogP contribution is 2.24. The molecule has 0 atom stereocenters. The minimum Gasteiger partial charge on any atom is -0.502 e. The average Bonchev–Trinajstić information content (AvgIpc) is 2.78. The van der Waals surface area contributed by atoms with Crippen molar-refractivity contribution in [3.05, 3.63) is 87.8 Å². The Morgan fingerprint density at radius 2 is 1.65 bits per heavy atom. The van der Waals surface area contributed by atoms with Gasteiger partial charge in [-0.15, -0.1) is 0 Å². The first kappa shape index (κ1) is 20.2. The predicted octanol–water partition coefficient (Wildman–Crippen LogP) is 2.49. The number of carboxylic acid groups (broad SMARTS) is 1. The molecular formula is C23H21N3O5. The van der Waals surface area contributed by atoms with Gasteiger partial charge < -0.3 is 15.1 Å². The van der Waals surface area contributed by atoms with Gasteiger partial charge in [-0.3, -0.25) is 19.3 Å². The zero-order chi connectivity index (χ0) is 22.1. The van der Waals surface area contributed by atoms with Gasteiger partial charge in [0.2, 0.25) is 5.43 Å². The lowest BCUT2D eigenvalue weighted by molar-refractivity contribution is 0.0669. The number of carboxylic acids is 1. The molecule has 1 aromatic heterocycles. The summed E-state index contributed by atoms with van der Waals surface area (Å²) in [5, 5.41) is 21.4. The molecule has 2 N–H and O–H groups in total. The Labute approximate surface area is 178 Å². The Morgan fingerprint density at radius 3 is 2.26 bits per heavy atom. The van der Waals surface area contributed by atoms with Crippen molar-refractivity contribution >= 4 is 11.9 Å². The Balaban J connectivity index is 1.72. The van der Waals surface area contributed by atoms with Gasteiger partial charge in [0.05, 0.1) is 6.54 Å². The minimum absolute atomic E-state index is 0.185. The van der Waals surface area contributed by atoms with E-state index >= 15 is 0 Å². The van der Waals surface area contributed by atoms with E-state index in [0.29, 0.717) is 13.1 Å². The molecule has 4 rings (SSSR count). The summed E-state index contributed by atoms with van der Waals surface area (Å²) >= 11 is 0. The number of hydrogen-bond acceptors (Lipinski definition) is 5. The third-order valence-corrected chi connectivity index (χ3v) is 5.33. The first-order chi connectivity index (χ1) is 14.9. The molecule has 0 spiro atoms. The van der Waals surface area contributed by atoms with Crippen LogP contribution < -0.4 is 10.4 Å². The smallest absolute Gasteiger partial charge is 0.341 e. The highest BCUT2D eigenvalue weighted by atomic mass is 16.4. The summed E-state index contributed by atoms with van der Waals surface area (Å²) < 4.78 is 1.28. The van der Waals surface area contributed by atoms with Crippen molar-refractivity contribution in [3.63, 3.8) is 0 Å². The van der Waals surface area contributed by atoms with Crippen molar-refractivity contribution in [1.29, 1.82) is 0 Å². The summed E-state index contributed by atoms with van der Waals surface area (Å²) in [6.07, 6.45) is 1.10. The molecule has 2 aromatic carbocycles. The molecule has 0 fully saturated rings. The fraction of sp³-hybridized carbons (Fsp3) is 0.174. The van der Waals surface area contributed by atoms with Crippen molar-refractivity contribution in [2.24, 2.45) is 0 Å². The first-order valence-corrected chi connectivity index (χ1v) is 9.81. The number of aromatic hydroxyl groups is 1. The number of fused-ring (bicyclic) bond motifs is 1. The molecule has 1 aliphatic heterocycles. The van der Waals surface area contributed by atoms with Crippen LogP contribution in [-0.2, 0) is 6.54 Å². The van der Waals surface area contributed by atoms with Crippen molar-refractivity contribution in [3.8, 4) is 16.9 Å². The van der Waals surface area contributed by atoms with Gasteiger partial charge in [0, 0.05) is 12.7 Å². The van der Waals surface area contributed by atoms with Gasteiger partial charge in [0.15, 0.2) is 11.4 Å². The zero-order valence-electron chi connectivity index (χ0n) is 16.9. The Hall–Kier alpha value is -4.07. The molecule has 2 heterocycles. The summed E-state index contributed by atoms with van der Waals surface area (Å²) in [6.45, 7) is 2.69. The maximum atomic E-state index is 12.7. The Morgan fingerprint density at radius 1 is 1.00 bits per heavy atom. The molecule has 1 aliphatic rings. The van der Waals surface area contributed by atoms with Gasteiger partial charge in [-0.05, 0) is 23.6 Å². The van der Waals surface area contributed by atoms with Gasteiger partial charge in [0.25, 0.3) is 5.91 Å². The topological polar surface area (TPSA) is 103 Å². The van der Waals surface area contributed by atoms with Crippen LogP contribution in [0.4, 0.5) is 0 Å². The maximum absolute atomic E-state index is 12.7. The highest BCUT2D eigenvalue weighted by Gasteiger charge is 2.33. The normalized spacial score (nSPS) is 13.3. The predicted molar refractivity (Wildman–Crippen MR) is 115 cm³/mol. The van der Waals surface area contributed by atoms with E-state index in [2.05, 4.69) is 0 Å². The number of pyridine rings is 1. The van der Waals surface area contributed by atoms with E-state index in [1.54, 1.807) is 11.9 Å². The van der Waals surface area contributed by atoms with Crippen LogP contribution in [0, 0.1) is 0 Å². The summed E-state index contributed by atoms with van der Waals surface area (Å²) in [7, 11) is 0. The average molecular weight is 419 g/mol. The molecule has 158 valence electrons. The summed E-state index contributed by atoms with van der Waals surface area (Å²) in [5.41, 5.74) is 1.17. The van der Waals surface area contributed by atoms with Crippen molar-refractivity contribution in [2.45, 2.75) is 13.5 Å². The number of nitrogens with zero attached hydrogens (tertiary/aromatic N) is 3. The van der Waals surface area contributed by atoms with Crippen LogP contribution in [-0.4, -0.2) is 44.9 Å². The van der Waals surface area contributed by atoms with E-state index < -0.39 is 28.6 Å². The molecule has 3 aromatic rings. The van der Waals surface area contributed by atoms with Crippen LogP contribution in [0.2, 0.25) is 0 Å². The van der Waals surface area contributed by atoms with Crippen molar-refractivity contribution in [2.75, 3.05) is 18.2 Å². The molecule has 1 amide bonds. The number of carbonyl (C=O) groups excluding carboxylic acids is 1. The minimum atomic E-state index is -1.46. The Bertz CT molecular complexity index is 1200. The third kappa shape index (κ3) is 3.63. The fourth-order valence-corrected chi connectivity index (χ4v) is 3.66. The standard InChI is InChI=1S/C23H21N3O5/c1-2-24-14-25(12-15-8-10-17(11-9-15)16-6-4-3-5-7-16)26-13-18(23(30)31)20(27)21(28)19(26)22(24)29/h3-11,13,28H,2,12,14H2,1H3,(H,30,31). The number of aromatic nitrogens is 1. The number of amides is 1. The molecule has 0 saturated carbocycles. The fourth-order valence-electron chi connectivity index (χ4n) is 3.66. The second-order valence-electron chi connectivity index (χ2n) is 7.25. The van der Waals surface area contributed by atoms with E-state index in [0.717, 1.165) is 22.9 Å². The molecule has 31 heavy (non-hydrogen) atoms. The summed E-state index contributed by atoms with van der Waals surface area (Å²) in [4.78, 5) is 37.9. The Kier molecular flexibility index (Phi) is 5.21. The molecule has 0 bridgehead atoms. The highest BCUT2D eigenvalue weighted by molar-refractivity contribution is 5.97. The van der Waals surface area contributed by atoms with Crippen LogP contribution in [0.1, 0.15) is 33.3 Å². The molecule has 8 heteroatoms. The largest absolute Gasteiger partial charge is 0.502 e. The summed E-state index contributed by atoms with van der Waals surface area (Å²) in [5.74, 6) is -2.84. The van der Waals surface area contributed by atoms with E-state index in [-0.39, 0.29) is 12.4 Å². The van der Waals surface area contributed by atoms with Gasteiger partial charge in [-0.2, -0.15) is 0 Å². The molecule has 0 saturated heterocycles. The van der Waals surface area contributed by atoms with Crippen molar-refractivity contribution in [1.82, 2.24) is 9.58 Å². The molecule has 0 radical (unpaired) electrons. The number of benzene rings is 2. The van der Waals surface area contributed by atoms with Crippen LogP contribution in [0.5, 0.6) is 5.75 Å². The van der Waals surface area contributed by atoms with Crippen LogP contribution >= 0.6 is 0 Å². The molecule has 8 nitrogen and oxygen atoms in total. The number of hydrogen-bond donors (Lipinski definition) is 2. The number of aromatic carboxylic acids is 1. The maximum Gasteiger partial charge on any atom is 0.341 e. The molecule has 0 unspecified atom stereocenters. The second kappa shape index (κ2) is 7.98. The zero-order valence-corrected chi connectivity index (χ0v) is 16.9. The number of carbonyl (C=O) groups is 2. The van der Waals surface area contributed by atoms with E-state index in [1.165, 1.54) is 9.58 Å². The SMILES string of the molecule is CCN1CN(Cc2ccc(-c3ccccc3)cc2)n2cc(C(=O)O)c(=O)c(O)c2C1=O. The van der Waals surface area contributed by atoms with E-state index in [4.69, 9.17) is 0 Å². The quantitative estimate of drug-likeness (QED) is 0.659. The lowest BCUT2D eigenvalue weighted by Gasteiger charge is -2.39. The molecular weight excluding hydrogens is 398 g/mol. The number of rotatable bonds is 5. The van der Waals surface area contributed by atoms with Gasteiger partial charge in [-0.1, -0.05) is 54.6 Å². The summed E-state index contributed by atoms with van der Waals surface area (Å²) in [6, 6.07) is 17.8. The van der Waals surface area contributed by atoms with Crippen molar-refractivity contribution < 1.29 is 19.8 Å². The van der Waals surface area contributed by atoms with E-state index in [9.17, 15) is 24.6 Å². The second-order valence-corrected chi connectivity index (χ2v) is 7.25. The lowest BCUT2D eigenvalue weighted by Crippen LogP contribution is -2.53. The van der Waals surface area contributed by atoms with Gasteiger partial charge in [0.1, 0.15) is 12.2 Å².